The van der Waals surface area contributed by atoms with Gasteiger partial charge < -0.3 is 25.7 Å². The highest BCUT2D eigenvalue weighted by Gasteiger charge is 2.49. The van der Waals surface area contributed by atoms with Crippen LogP contribution in [0.3, 0.4) is 0 Å². The number of thioether (sulfide) groups is 1. The summed E-state index contributed by atoms with van der Waals surface area (Å²) in [6.45, 7) is 9.27. The van der Waals surface area contributed by atoms with E-state index >= 15 is 0 Å². The number of phenolic OH excluding ortho intramolecular Hbond substituents is 1. The Morgan fingerprint density at radius 3 is 2.57 bits per heavy atom. The molecule has 3 rings (SSSR count). The standard InChI is InChI=1S/C28H35N3O5S/c1-5-16-29-26(35)24-28(3,4)37-17-31(24)27(36)23(33)21(15-14-19-10-7-6-8-11-19)30-25(34)20-12-9-13-22(32)18(20)2/h5-13,21,23-24,32-33H,1,14-17H2,2-4H3,(H,29,35)(H,30,34)/t21-,23-,24+/m0/s1. The molecule has 8 nitrogen and oxygen atoms in total. The molecule has 9 heteroatoms. The van der Waals surface area contributed by atoms with Crippen molar-refractivity contribution in [2.75, 3.05) is 12.4 Å². The molecular formula is C28H35N3O5S. The van der Waals surface area contributed by atoms with Crippen LogP contribution in [0.25, 0.3) is 0 Å². The molecule has 1 saturated heterocycles. The SMILES string of the molecule is C=CCNC(=O)[C@H]1N(C(=O)[C@@H](O)[C@H](CCc2ccccc2)NC(=O)c2cccc(O)c2C)CSC1(C)C. The molecular weight excluding hydrogens is 490 g/mol. The minimum absolute atomic E-state index is 0.0187. The van der Waals surface area contributed by atoms with Crippen LogP contribution in [0.1, 0.15) is 41.8 Å². The van der Waals surface area contributed by atoms with Gasteiger partial charge in [0.2, 0.25) is 5.91 Å². The Balaban J connectivity index is 1.85. The number of benzene rings is 2. The number of aliphatic hydroxyl groups is 1. The van der Waals surface area contributed by atoms with Crippen LogP contribution in [0.15, 0.2) is 61.2 Å². The molecule has 0 aliphatic carbocycles. The third kappa shape index (κ3) is 6.72. The molecule has 198 valence electrons. The molecule has 1 fully saturated rings. The topological polar surface area (TPSA) is 119 Å². The molecule has 4 N–H and O–H groups in total. The minimum atomic E-state index is -1.57. The predicted molar refractivity (Wildman–Crippen MR) is 145 cm³/mol. The molecule has 0 radical (unpaired) electrons. The Labute approximate surface area is 222 Å². The van der Waals surface area contributed by atoms with Crippen molar-refractivity contribution in [2.24, 2.45) is 0 Å². The second kappa shape index (κ2) is 12.3. The first-order chi connectivity index (χ1) is 17.6. The lowest BCUT2D eigenvalue weighted by Crippen LogP contribution is -2.58. The first kappa shape index (κ1) is 28.3. The van der Waals surface area contributed by atoms with E-state index < -0.39 is 34.7 Å². The molecule has 1 aliphatic rings. The fourth-order valence-corrected chi connectivity index (χ4v) is 5.56. The quantitative estimate of drug-likeness (QED) is 0.354. The number of nitrogens with one attached hydrogen (secondary N) is 2. The Morgan fingerprint density at radius 1 is 1.19 bits per heavy atom. The molecule has 2 aromatic rings. The van der Waals surface area contributed by atoms with Gasteiger partial charge in [-0.3, -0.25) is 14.4 Å². The summed E-state index contributed by atoms with van der Waals surface area (Å²) in [5, 5.41) is 26.9. The fraction of sp³-hybridized carbons (Fsp3) is 0.393. The lowest BCUT2D eigenvalue weighted by atomic mass is 9.96. The van der Waals surface area contributed by atoms with E-state index in [1.54, 1.807) is 25.1 Å². The third-order valence-corrected chi connectivity index (χ3v) is 7.96. The Kier molecular flexibility index (Phi) is 9.39. The van der Waals surface area contributed by atoms with E-state index in [2.05, 4.69) is 17.2 Å². The summed E-state index contributed by atoms with van der Waals surface area (Å²) in [5.74, 6) is -1.23. The van der Waals surface area contributed by atoms with Crippen LogP contribution in [-0.2, 0) is 16.0 Å². The average molecular weight is 526 g/mol. The molecule has 2 aromatic carbocycles. The molecule has 3 amide bonds. The van der Waals surface area contributed by atoms with Gasteiger partial charge in [0.1, 0.15) is 11.8 Å². The first-order valence-corrected chi connectivity index (χ1v) is 13.2. The van der Waals surface area contributed by atoms with Crippen LogP contribution < -0.4 is 10.6 Å². The van der Waals surface area contributed by atoms with E-state index in [9.17, 15) is 24.6 Å². The van der Waals surface area contributed by atoms with Gasteiger partial charge in [0, 0.05) is 22.4 Å². The van der Waals surface area contributed by atoms with E-state index in [0.717, 1.165) is 5.56 Å². The number of hydrogen-bond acceptors (Lipinski definition) is 6. The van der Waals surface area contributed by atoms with E-state index in [1.165, 1.54) is 22.7 Å². The van der Waals surface area contributed by atoms with Gasteiger partial charge in [0.05, 0.1) is 11.9 Å². The van der Waals surface area contributed by atoms with Crippen LogP contribution in [0, 0.1) is 6.92 Å². The Hall–Kier alpha value is -3.30. The zero-order valence-electron chi connectivity index (χ0n) is 21.4. The van der Waals surface area contributed by atoms with Gasteiger partial charge in [-0.25, -0.2) is 0 Å². The predicted octanol–water partition coefficient (Wildman–Crippen LogP) is 2.78. The van der Waals surface area contributed by atoms with E-state index in [-0.39, 0.29) is 36.1 Å². The number of aryl methyl sites for hydroxylation is 1. The van der Waals surface area contributed by atoms with E-state index in [1.807, 2.05) is 44.2 Å². The van der Waals surface area contributed by atoms with Crippen molar-refractivity contribution in [3.8, 4) is 5.75 Å². The number of nitrogens with zero attached hydrogens (tertiary/aromatic N) is 1. The summed E-state index contributed by atoms with van der Waals surface area (Å²) >= 11 is 1.45. The molecule has 37 heavy (non-hydrogen) atoms. The van der Waals surface area contributed by atoms with Crippen LogP contribution in [0.4, 0.5) is 0 Å². The molecule has 0 aromatic heterocycles. The van der Waals surface area contributed by atoms with Crippen LogP contribution in [-0.4, -0.2) is 68.2 Å². The highest BCUT2D eigenvalue weighted by molar-refractivity contribution is 8.00. The van der Waals surface area contributed by atoms with E-state index in [4.69, 9.17) is 0 Å². The maximum absolute atomic E-state index is 13.6. The summed E-state index contributed by atoms with van der Waals surface area (Å²) < 4.78 is -0.567. The molecule has 0 unspecified atom stereocenters. The zero-order chi connectivity index (χ0) is 27.2. The van der Waals surface area contributed by atoms with Gasteiger partial charge >= 0.3 is 0 Å². The lowest BCUT2D eigenvalue weighted by Gasteiger charge is -2.33. The highest BCUT2D eigenvalue weighted by atomic mass is 32.2. The van der Waals surface area contributed by atoms with Gasteiger partial charge in [-0.1, -0.05) is 42.5 Å². The largest absolute Gasteiger partial charge is 0.508 e. The van der Waals surface area contributed by atoms with Crippen molar-refractivity contribution in [1.29, 1.82) is 0 Å². The normalized spacial score (nSPS) is 18.1. The summed E-state index contributed by atoms with van der Waals surface area (Å²) in [7, 11) is 0. The Morgan fingerprint density at radius 2 is 1.89 bits per heavy atom. The maximum atomic E-state index is 13.6. The van der Waals surface area contributed by atoms with Gasteiger partial charge in [0.25, 0.3) is 11.8 Å². The molecule has 0 saturated carbocycles. The van der Waals surface area contributed by atoms with Gasteiger partial charge in [-0.15, -0.1) is 18.3 Å². The second-order valence-corrected chi connectivity index (χ2v) is 11.2. The molecule has 3 atom stereocenters. The number of carbonyl (C=O) groups excluding carboxylic acids is 3. The number of aromatic hydroxyl groups is 1. The van der Waals surface area contributed by atoms with Crippen molar-refractivity contribution >= 4 is 29.5 Å². The number of amides is 3. The maximum Gasteiger partial charge on any atom is 0.254 e. The Bertz CT molecular complexity index is 1140. The first-order valence-electron chi connectivity index (χ1n) is 12.2. The van der Waals surface area contributed by atoms with Crippen LogP contribution >= 0.6 is 11.8 Å². The summed E-state index contributed by atoms with van der Waals surface area (Å²) in [6, 6.07) is 12.5. The van der Waals surface area contributed by atoms with Crippen LogP contribution in [0.5, 0.6) is 5.75 Å². The van der Waals surface area contributed by atoms with E-state index in [0.29, 0.717) is 12.0 Å². The highest BCUT2D eigenvalue weighted by Crippen LogP contribution is 2.39. The fourth-order valence-electron chi connectivity index (χ4n) is 4.42. The monoisotopic (exact) mass is 525 g/mol. The van der Waals surface area contributed by atoms with Gasteiger partial charge in [-0.2, -0.15) is 0 Å². The molecule has 0 spiro atoms. The van der Waals surface area contributed by atoms with Crippen molar-refractivity contribution in [1.82, 2.24) is 15.5 Å². The van der Waals surface area contributed by atoms with Gasteiger partial charge in [0.15, 0.2) is 6.10 Å². The van der Waals surface area contributed by atoms with Crippen LogP contribution in [0.2, 0.25) is 0 Å². The number of rotatable bonds is 10. The number of hydrogen-bond donors (Lipinski definition) is 4. The lowest BCUT2D eigenvalue weighted by molar-refractivity contribution is -0.147. The van der Waals surface area contributed by atoms with Gasteiger partial charge in [-0.05, 0) is 51.3 Å². The smallest absolute Gasteiger partial charge is 0.254 e. The number of aliphatic hydroxyl groups excluding tert-OH is 1. The van der Waals surface area contributed by atoms with Crippen molar-refractivity contribution in [3.05, 3.63) is 77.9 Å². The zero-order valence-corrected chi connectivity index (χ0v) is 22.3. The average Bonchev–Trinajstić information content (AvgIpc) is 3.21. The summed E-state index contributed by atoms with van der Waals surface area (Å²) in [5.41, 5.74) is 1.65. The third-order valence-electron chi connectivity index (χ3n) is 6.59. The molecule has 1 heterocycles. The molecule has 1 aliphatic heterocycles. The second-order valence-electron chi connectivity index (χ2n) is 9.62. The van der Waals surface area contributed by atoms with Crippen molar-refractivity contribution in [3.63, 3.8) is 0 Å². The number of carbonyl (C=O) groups is 3. The minimum Gasteiger partial charge on any atom is -0.508 e. The van der Waals surface area contributed by atoms with Crippen molar-refractivity contribution in [2.45, 2.75) is 56.5 Å². The summed E-state index contributed by atoms with van der Waals surface area (Å²) in [6.07, 6.45) is 0.790. The summed E-state index contributed by atoms with van der Waals surface area (Å²) in [4.78, 5) is 41.0. The number of phenols is 1. The van der Waals surface area contributed by atoms with Crippen molar-refractivity contribution < 1.29 is 24.6 Å². The molecule has 0 bridgehead atoms.